The molecule has 4 rings (SSSR count). The molecule has 1 aromatic heterocycles. The van der Waals surface area contributed by atoms with Crippen LogP contribution in [0.25, 0.3) is 0 Å². The minimum absolute atomic E-state index is 0.139. The average molecular weight is 372 g/mol. The molecule has 2 aromatic rings. The van der Waals surface area contributed by atoms with Crippen LogP contribution in [0.5, 0.6) is 11.5 Å². The van der Waals surface area contributed by atoms with E-state index in [-0.39, 0.29) is 11.8 Å². The minimum atomic E-state index is -0.382. The molecule has 26 heavy (non-hydrogen) atoms. The van der Waals surface area contributed by atoms with E-state index in [4.69, 9.17) is 9.47 Å². The van der Waals surface area contributed by atoms with Crippen LogP contribution in [0.2, 0.25) is 0 Å². The van der Waals surface area contributed by atoms with E-state index < -0.39 is 0 Å². The van der Waals surface area contributed by atoms with Gasteiger partial charge in [0.05, 0.1) is 14.2 Å². The molecule has 1 aromatic carbocycles. The van der Waals surface area contributed by atoms with Crippen LogP contribution >= 0.6 is 11.8 Å². The fourth-order valence-corrected chi connectivity index (χ4v) is 3.99. The quantitative estimate of drug-likeness (QED) is 0.827. The standard InChI is InChI=1S/C18H20N4O3S/c1-24-13-9-4-6-10(16(13)25-2)15-14-11(7-5-8-12(14)23)19-17-20-18(26-3)21-22(15)17/h4,6,9,15H,5,7-8H2,1-3H3,(H,19,20,21)/t15-/m0/s1. The van der Waals surface area contributed by atoms with Crippen LogP contribution < -0.4 is 14.8 Å². The number of methoxy groups -OCH3 is 2. The maximum absolute atomic E-state index is 12.8. The molecule has 136 valence electrons. The van der Waals surface area contributed by atoms with E-state index in [1.165, 1.54) is 11.8 Å². The van der Waals surface area contributed by atoms with Crippen molar-refractivity contribution in [1.29, 1.82) is 0 Å². The number of aromatic nitrogens is 3. The molecule has 1 aliphatic carbocycles. The van der Waals surface area contributed by atoms with Crippen molar-refractivity contribution in [2.75, 3.05) is 25.8 Å². The predicted molar refractivity (Wildman–Crippen MR) is 99.0 cm³/mol. The zero-order chi connectivity index (χ0) is 18.3. The number of benzene rings is 1. The lowest BCUT2D eigenvalue weighted by Gasteiger charge is -2.32. The molecule has 8 heteroatoms. The van der Waals surface area contributed by atoms with Gasteiger partial charge < -0.3 is 14.8 Å². The first kappa shape index (κ1) is 17.0. The molecule has 0 saturated carbocycles. The van der Waals surface area contributed by atoms with Gasteiger partial charge in [-0.3, -0.25) is 4.79 Å². The van der Waals surface area contributed by atoms with Crippen LogP contribution in [-0.2, 0) is 4.79 Å². The van der Waals surface area contributed by atoms with Crippen LogP contribution in [0.15, 0.2) is 34.6 Å². The van der Waals surface area contributed by atoms with E-state index in [2.05, 4.69) is 15.4 Å². The average Bonchev–Trinajstić information content (AvgIpc) is 3.08. The second kappa shape index (κ2) is 6.68. The Hall–Kier alpha value is -2.48. The van der Waals surface area contributed by atoms with E-state index >= 15 is 0 Å². The van der Waals surface area contributed by atoms with Crippen molar-refractivity contribution in [3.05, 3.63) is 35.0 Å². The number of nitrogens with zero attached hydrogens (tertiary/aromatic N) is 3. The highest BCUT2D eigenvalue weighted by atomic mass is 32.2. The Kier molecular flexibility index (Phi) is 4.36. The molecule has 2 aliphatic rings. The second-order valence-electron chi connectivity index (χ2n) is 6.15. The molecule has 0 saturated heterocycles. The fraction of sp³-hybridized carbons (Fsp3) is 0.389. The number of allylic oxidation sites excluding steroid dienone is 2. The van der Waals surface area contributed by atoms with E-state index in [9.17, 15) is 4.79 Å². The first-order valence-electron chi connectivity index (χ1n) is 8.42. The Morgan fingerprint density at radius 2 is 2.12 bits per heavy atom. The van der Waals surface area contributed by atoms with Crippen molar-refractivity contribution in [3.8, 4) is 11.5 Å². The Morgan fingerprint density at radius 1 is 1.27 bits per heavy atom. The Morgan fingerprint density at radius 3 is 2.85 bits per heavy atom. The van der Waals surface area contributed by atoms with Crippen molar-refractivity contribution in [3.63, 3.8) is 0 Å². The minimum Gasteiger partial charge on any atom is -0.493 e. The third kappa shape index (κ3) is 2.56. The van der Waals surface area contributed by atoms with Gasteiger partial charge in [-0.25, -0.2) is 4.68 Å². The number of Topliss-reactive ketones (excluding diaryl/α,β-unsaturated/α-hetero) is 1. The van der Waals surface area contributed by atoms with Gasteiger partial charge >= 0.3 is 0 Å². The zero-order valence-electron chi connectivity index (χ0n) is 14.9. The van der Waals surface area contributed by atoms with Crippen LogP contribution in [0.1, 0.15) is 30.9 Å². The molecule has 1 N–H and O–H groups in total. The highest BCUT2D eigenvalue weighted by molar-refractivity contribution is 7.98. The van der Waals surface area contributed by atoms with Gasteiger partial charge in [-0.2, -0.15) is 4.98 Å². The van der Waals surface area contributed by atoms with Crippen LogP contribution in [0, 0.1) is 0 Å². The lowest BCUT2D eigenvalue weighted by Crippen LogP contribution is -2.31. The van der Waals surface area contributed by atoms with Crippen molar-refractivity contribution in [2.45, 2.75) is 30.5 Å². The normalized spacial score (nSPS) is 18.9. The fourth-order valence-electron chi connectivity index (χ4n) is 3.64. The summed E-state index contributed by atoms with van der Waals surface area (Å²) in [6.07, 6.45) is 4.14. The molecule has 1 atom stereocenters. The number of fused-ring (bicyclic) bond motifs is 1. The van der Waals surface area contributed by atoms with Gasteiger partial charge in [0, 0.05) is 23.3 Å². The maximum Gasteiger partial charge on any atom is 0.227 e. The summed E-state index contributed by atoms with van der Waals surface area (Å²) in [6.45, 7) is 0. The first-order chi connectivity index (χ1) is 12.7. The molecule has 0 radical (unpaired) electrons. The number of rotatable bonds is 4. The third-order valence-electron chi connectivity index (χ3n) is 4.76. The maximum atomic E-state index is 12.8. The van der Waals surface area contributed by atoms with E-state index in [1.54, 1.807) is 18.9 Å². The van der Waals surface area contributed by atoms with Crippen LogP contribution in [-0.4, -0.2) is 41.0 Å². The van der Waals surface area contributed by atoms with Crippen LogP contribution in [0.4, 0.5) is 5.95 Å². The molecule has 0 spiro atoms. The number of carbonyl (C=O) groups excluding carboxylic acids is 1. The number of nitrogens with one attached hydrogen (secondary N) is 1. The molecule has 1 aliphatic heterocycles. The number of hydrogen-bond donors (Lipinski definition) is 1. The number of carbonyl (C=O) groups is 1. The predicted octanol–water partition coefficient (Wildman–Crippen LogP) is 3.04. The van der Waals surface area contributed by atoms with Gasteiger partial charge in [0.1, 0.15) is 6.04 Å². The smallest absolute Gasteiger partial charge is 0.227 e. The van der Waals surface area contributed by atoms with Gasteiger partial charge in [-0.15, -0.1) is 5.10 Å². The molecule has 0 amide bonds. The van der Waals surface area contributed by atoms with Gasteiger partial charge in [-0.1, -0.05) is 23.9 Å². The zero-order valence-corrected chi connectivity index (χ0v) is 15.7. The Bertz CT molecular complexity index is 906. The number of thioether (sulfide) groups is 1. The summed E-state index contributed by atoms with van der Waals surface area (Å²) >= 11 is 1.47. The van der Waals surface area contributed by atoms with Crippen LogP contribution in [0.3, 0.4) is 0 Å². The molecule has 0 fully saturated rings. The van der Waals surface area contributed by atoms with Gasteiger partial charge in [-0.05, 0) is 25.2 Å². The Balaban J connectivity index is 1.96. The van der Waals surface area contributed by atoms with Crippen molar-refractivity contribution in [1.82, 2.24) is 14.8 Å². The largest absolute Gasteiger partial charge is 0.493 e. The third-order valence-corrected chi connectivity index (χ3v) is 5.30. The summed E-state index contributed by atoms with van der Waals surface area (Å²) in [4.78, 5) is 17.4. The molecule has 7 nitrogen and oxygen atoms in total. The summed E-state index contributed by atoms with van der Waals surface area (Å²) in [6, 6.07) is 5.32. The first-order valence-corrected chi connectivity index (χ1v) is 9.65. The summed E-state index contributed by atoms with van der Waals surface area (Å²) in [7, 11) is 3.21. The van der Waals surface area contributed by atoms with Gasteiger partial charge in [0.15, 0.2) is 17.3 Å². The highest BCUT2D eigenvalue weighted by Crippen LogP contribution is 2.45. The van der Waals surface area contributed by atoms with E-state index in [0.717, 1.165) is 29.7 Å². The number of para-hydroxylation sites is 1. The summed E-state index contributed by atoms with van der Waals surface area (Å²) in [5.41, 5.74) is 2.52. The number of anilines is 1. The van der Waals surface area contributed by atoms with Crippen molar-refractivity contribution >= 4 is 23.5 Å². The summed E-state index contributed by atoms with van der Waals surface area (Å²) in [5, 5.41) is 8.58. The molecule has 0 unspecified atom stereocenters. The van der Waals surface area contributed by atoms with Gasteiger partial charge in [0.2, 0.25) is 11.1 Å². The summed E-state index contributed by atoms with van der Waals surface area (Å²) < 4.78 is 12.9. The number of hydrogen-bond acceptors (Lipinski definition) is 7. The SMILES string of the molecule is COc1cccc([C@H]2C3=C(CCCC3=O)Nc3nc(SC)nn32)c1OC. The number of ether oxygens (including phenoxy) is 2. The number of ketones is 1. The van der Waals surface area contributed by atoms with Crippen molar-refractivity contribution in [2.24, 2.45) is 0 Å². The van der Waals surface area contributed by atoms with Gasteiger partial charge in [0.25, 0.3) is 0 Å². The lowest BCUT2D eigenvalue weighted by atomic mass is 9.85. The topological polar surface area (TPSA) is 78.3 Å². The monoisotopic (exact) mass is 372 g/mol. The van der Waals surface area contributed by atoms with Crippen molar-refractivity contribution < 1.29 is 14.3 Å². The molecular weight excluding hydrogens is 352 g/mol. The Labute approximate surface area is 155 Å². The lowest BCUT2D eigenvalue weighted by molar-refractivity contribution is -0.116. The summed E-state index contributed by atoms with van der Waals surface area (Å²) in [5.74, 6) is 2.03. The molecule has 2 heterocycles. The van der Waals surface area contributed by atoms with E-state index in [0.29, 0.717) is 29.0 Å². The second-order valence-corrected chi connectivity index (χ2v) is 6.92. The highest BCUT2D eigenvalue weighted by Gasteiger charge is 2.38. The molecule has 0 bridgehead atoms. The molecular formula is C18H20N4O3S. The van der Waals surface area contributed by atoms with E-state index in [1.807, 2.05) is 24.5 Å².